The van der Waals surface area contributed by atoms with E-state index in [0.717, 1.165) is 24.0 Å². The minimum Gasteiger partial charge on any atom is -0.457 e. The molecule has 1 aliphatic rings. The molecule has 1 fully saturated rings. The van der Waals surface area contributed by atoms with Crippen molar-refractivity contribution in [1.29, 1.82) is 0 Å². The second-order valence-corrected chi connectivity index (χ2v) is 9.88. The van der Waals surface area contributed by atoms with Gasteiger partial charge in [-0.1, -0.05) is 0 Å². The van der Waals surface area contributed by atoms with E-state index in [2.05, 4.69) is 4.72 Å². The van der Waals surface area contributed by atoms with Crippen molar-refractivity contribution in [3.8, 4) is 0 Å². The van der Waals surface area contributed by atoms with Crippen molar-refractivity contribution in [1.82, 2.24) is 4.72 Å². The number of ether oxygens (including phenoxy) is 2. The summed E-state index contributed by atoms with van der Waals surface area (Å²) in [6, 6.07) is 10.5. The minimum atomic E-state index is -3.71. The number of carbonyl (C=O) groups is 1. The summed E-state index contributed by atoms with van der Waals surface area (Å²) in [6.45, 7) is 4.60. The maximum absolute atomic E-state index is 12.5. The second kappa shape index (κ2) is 9.46. The Morgan fingerprint density at radius 2 is 1.85 bits per heavy atom. The van der Waals surface area contributed by atoms with Gasteiger partial charge in [0.1, 0.15) is 12.2 Å². The van der Waals surface area contributed by atoms with Crippen LogP contribution in [0.1, 0.15) is 39.9 Å². The third-order valence-electron chi connectivity index (χ3n) is 5.73. The van der Waals surface area contributed by atoms with Crippen molar-refractivity contribution in [2.75, 3.05) is 13.2 Å². The highest BCUT2D eigenvalue weighted by Gasteiger charge is 2.21. The highest BCUT2D eigenvalue weighted by molar-refractivity contribution is 7.89. The van der Waals surface area contributed by atoms with Crippen LogP contribution in [0.4, 0.5) is 0 Å². The van der Waals surface area contributed by atoms with Crippen molar-refractivity contribution < 1.29 is 27.1 Å². The molecule has 1 saturated heterocycles. The normalized spacial score (nSPS) is 16.2. The smallest absolute Gasteiger partial charge is 0.338 e. The van der Waals surface area contributed by atoms with Gasteiger partial charge in [-0.15, -0.1) is 0 Å². The van der Waals surface area contributed by atoms with Crippen LogP contribution < -0.4 is 10.3 Å². The van der Waals surface area contributed by atoms with Crippen LogP contribution in [0.15, 0.2) is 56.6 Å². The van der Waals surface area contributed by atoms with Gasteiger partial charge < -0.3 is 13.9 Å². The number of aryl methyl sites for hydroxylation is 2. The molecule has 1 aliphatic heterocycles. The summed E-state index contributed by atoms with van der Waals surface area (Å²) >= 11 is 0. The van der Waals surface area contributed by atoms with E-state index < -0.39 is 21.6 Å². The molecule has 0 spiro atoms. The number of carbonyl (C=O) groups excluding carboxylic acids is 1. The fourth-order valence-corrected chi connectivity index (χ4v) is 4.76. The molecule has 0 bridgehead atoms. The van der Waals surface area contributed by atoms with Gasteiger partial charge in [-0.2, -0.15) is 0 Å². The van der Waals surface area contributed by atoms with E-state index in [1.54, 1.807) is 6.07 Å². The van der Waals surface area contributed by atoms with Gasteiger partial charge in [0.15, 0.2) is 0 Å². The lowest BCUT2D eigenvalue weighted by atomic mass is 10.0. The van der Waals surface area contributed by atoms with Crippen LogP contribution >= 0.6 is 0 Å². The zero-order valence-corrected chi connectivity index (χ0v) is 19.2. The molecule has 8 nitrogen and oxygen atoms in total. The summed E-state index contributed by atoms with van der Waals surface area (Å²) in [5.41, 5.74) is 2.65. The van der Waals surface area contributed by atoms with Crippen molar-refractivity contribution in [3.05, 3.63) is 75.1 Å². The number of esters is 1. The van der Waals surface area contributed by atoms with Crippen molar-refractivity contribution >= 4 is 27.0 Å². The van der Waals surface area contributed by atoms with Crippen LogP contribution in [0.2, 0.25) is 0 Å². The number of nitrogens with one attached hydrogen (secondary N) is 1. The Hall–Kier alpha value is -3.01. The summed E-state index contributed by atoms with van der Waals surface area (Å²) in [5.74, 6) is -0.628. The van der Waals surface area contributed by atoms with E-state index >= 15 is 0 Å². The topological polar surface area (TPSA) is 112 Å². The Morgan fingerprint density at radius 1 is 1.12 bits per heavy atom. The Kier molecular flexibility index (Phi) is 6.64. The van der Waals surface area contributed by atoms with Gasteiger partial charge in [0.2, 0.25) is 10.0 Å². The van der Waals surface area contributed by atoms with Gasteiger partial charge in [0.25, 0.3) is 0 Å². The standard InChI is InChI=1S/C24H25NO7S/c1-15-10-21-18(12-23(26)32-22(21)11-16(15)2)14-31-24(27)17-5-7-20(8-6-17)33(28,29)25-13-19-4-3-9-30-19/h5-8,10-12,19,25H,3-4,9,13-14H2,1-2H3. The van der Waals surface area contributed by atoms with Gasteiger partial charge in [0, 0.05) is 30.2 Å². The van der Waals surface area contributed by atoms with E-state index in [1.807, 2.05) is 19.9 Å². The number of fused-ring (bicyclic) bond motifs is 1. The average molecular weight is 472 g/mol. The van der Waals surface area contributed by atoms with Crippen LogP contribution in [0.5, 0.6) is 0 Å². The summed E-state index contributed by atoms with van der Waals surface area (Å²) in [7, 11) is -3.71. The molecule has 174 valence electrons. The molecule has 1 N–H and O–H groups in total. The van der Waals surface area contributed by atoms with Gasteiger partial charge in [-0.3, -0.25) is 0 Å². The minimum absolute atomic E-state index is 0.0505. The highest BCUT2D eigenvalue weighted by atomic mass is 32.2. The third kappa shape index (κ3) is 5.32. The maximum Gasteiger partial charge on any atom is 0.338 e. The van der Waals surface area contributed by atoms with Crippen molar-refractivity contribution in [2.24, 2.45) is 0 Å². The summed E-state index contributed by atoms with van der Waals surface area (Å²) < 4.78 is 43.5. The van der Waals surface area contributed by atoms with E-state index in [9.17, 15) is 18.0 Å². The fraction of sp³-hybridized carbons (Fsp3) is 0.333. The van der Waals surface area contributed by atoms with Crippen LogP contribution in [0, 0.1) is 13.8 Å². The monoisotopic (exact) mass is 471 g/mol. The van der Waals surface area contributed by atoms with Crippen LogP contribution in [-0.4, -0.2) is 33.6 Å². The molecular formula is C24H25NO7S. The molecular weight excluding hydrogens is 446 g/mol. The first kappa shape index (κ1) is 23.2. The van der Waals surface area contributed by atoms with Crippen LogP contribution in [0.3, 0.4) is 0 Å². The van der Waals surface area contributed by atoms with E-state index in [1.165, 1.54) is 30.3 Å². The summed E-state index contributed by atoms with van der Waals surface area (Å²) in [4.78, 5) is 24.5. The number of hydrogen-bond acceptors (Lipinski definition) is 7. The van der Waals surface area contributed by atoms with Crippen molar-refractivity contribution in [3.63, 3.8) is 0 Å². The molecule has 0 saturated carbocycles. The maximum atomic E-state index is 12.5. The molecule has 1 unspecified atom stereocenters. The summed E-state index contributed by atoms with van der Waals surface area (Å²) in [5, 5.41) is 0.698. The lowest BCUT2D eigenvalue weighted by Gasteiger charge is -2.12. The molecule has 0 radical (unpaired) electrons. The zero-order valence-electron chi connectivity index (χ0n) is 18.4. The molecule has 1 atom stereocenters. The first-order chi connectivity index (χ1) is 15.7. The average Bonchev–Trinajstić information content (AvgIpc) is 3.31. The Bertz CT molecular complexity index is 1340. The van der Waals surface area contributed by atoms with Gasteiger partial charge >= 0.3 is 11.6 Å². The molecule has 0 aliphatic carbocycles. The van der Waals surface area contributed by atoms with Gasteiger partial charge in [0.05, 0.1) is 16.6 Å². The number of hydrogen-bond donors (Lipinski definition) is 1. The lowest BCUT2D eigenvalue weighted by Crippen LogP contribution is -2.31. The molecule has 3 aromatic rings. The predicted octanol–water partition coefficient (Wildman–Crippen LogP) is 3.22. The first-order valence-electron chi connectivity index (χ1n) is 10.7. The first-order valence-corrected chi connectivity index (χ1v) is 12.1. The molecule has 2 heterocycles. The van der Waals surface area contributed by atoms with E-state index in [-0.39, 0.29) is 29.7 Å². The Labute approximate surface area is 191 Å². The lowest BCUT2D eigenvalue weighted by molar-refractivity contribution is 0.0473. The Balaban J connectivity index is 1.44. The third-order valence-corrected chi connectivity index (χ3v) is 7.17. The summed E-state index contributed by atoms with van der Waals surface area (Å²) in [6.07, 6.45) is 1.63. The molecule has 33 heavy (non-hydrogen) atoms. The highest BCUT2D eigenvalue weighted by Crippen LogP contribution is 2.22. The van der Waals surface area contributed by atoms with Gasteiger partial charge in [-0.05, 0) is 74.2 Å². The van der Waals surface area contributed by atoms with Crippen LogP contribution in [-0.2, 0) is 26.1 Å². The fourth-order valence-electron chi connectivity index (χ4n) is 3.69. The van der Waals surface area contributed by atoms with Crippen LogP contribution in [0.25, 0.3) is 11.0 Å². The molecule has 1 aromatic heterocycles. The molecule has 0 amide bonds. The zero-order chi connectivity index (χ0) is 23.6. The van der Waals surface area contributed by atoms with Gasteiger partial charge in [-0.25, -0.2) is 22.7 Å². The van der Waals surface area contributed by atoms with E-state index in [4.69, 9.17) is 13.9 Å². The van der Waals surface area contributed by atoms with Crippen molar-refractivity contribution in [2.45, 2.75) is 44.3 Å². The molecule has 2 aromatic carbocycles. The SMILES string of the molecule is Cc1cc2oc(=O)cc(COC(=O)c3ccc(S(=O)(=O)NCC4CCCO4)cc3)c2cc1C. The van der Waals surface area contributed by atoms with E-state index in [0.29, 0.717) is 23.1 Å². The molecule has 4 rings (SSSR count). The number of rotatable bonds is 7. The largest absolute Gasteiger partial charge is 0.457 e. The number of sulfonamides is 1. The number of benzene rings is 2. The second-order valence-electron chi connectivity index (χ2n) is 8.11. The predicted molar refractivity (Wildman–Crippen MR) is 122 cm³/mol. The molecule has 9 heteroatoms. The Morgan fingerprint density at radius 3 is 2.55 bits per heavy atom. The quantitative estimate of drug-likeness (QED) is 0.416.